The van der Waals surface area contributed by atoms with Gasteiger partial charge >= 0.3 is 11.0 Å². The van der Waals surface area contributed by atoms with Crippen LogP contribution in [0.25, 0.3) is 0 Å². The third-order valence-electron chi connectivity index (χ3n) is 3.24. The van der Waals surface area contributed by atoms with Crippen LogP contribution in [0, 0.1) is 10.1 Å². The van der Waals surface area contributed by atoms with E-state index in [4.69, 9.17) is 10.6 Å². The molecule has 0 fully saturated rings. The molecule has 0 spiro atoms. The van der Waals surface area contributed by atoms with Crippen molar-refractivity contribution >= 4 is 28.1 Å². The van der Waals surface area contributed by atoms with Crippen LogP contribution >= 0.6 is 11.3 Å². The molecular formula is C16H17N3O4S. The molecule has 1 aromatic carbocycles. The van der Waals surface area contributed by atoms with E-state index in [1.807, 2.05) is 12.1 Å². The van der Waals surface area contributed by atoms with E-state index in [-0.39, 0.29) is 16.3 Å². The highest BCUT2D eigenvalue weighted by Gasteiger charge is 2.16. The standard InChI is InChI=1S/C16H17N3O4S/c1-16(2,3)11-6-4-10(5-7-11)15(20)23-18-14(17)12-8-9-13(24-12)19(21)22/h4-9H,1-3H3,(H2,17,18). The van der Waals surface area contributed by atoms with E-state index >= 15 is 0 Å². The van der Waals surface area contributed by atoms with Crippen LogP contribution in [0.2, 0.25) is 0 Å². The van der Waals surface area contributed by atoms with Crippen molar-refractivity contribution in [3.05, 3.63) is 62.5 Å². The van der Waals surface area contributed by atoms with Crippen molar-refractivity contribution in [2.45, 2.75) is 26.2 Å². The monoisotopic (exact) mass is 347 g/mol. The van der Waals surface area contributed by atoms with Gasteiger partial charge < -0.3 is 10.6 Å². The molecule has 7 nitrogen and oxygen atoms in total. The summed E-state index contributed by atoms with van der Waals surface area (Å²) >= 11 is 0.855. The van der Waals surface area contributed by atoms with Gasteiger partial charge in [0.1, 0.15) is 0 Å². The first-order chi connectivity index (χ1) is 11.2. The molecule has 24 heavy (non-hydrogen) atoms. The van der Waals surface area contributed by atoms with Gasteiger partial charge in [0.15, 0.2) is 5.84 Å². The van der Waals surface area contributed by atoms with Crippen LogP contribution in [-0.4, -0.2) is 16.7 Å². The predicted octanol–water partition coefficient (Wildman–Crippen LogP) is 3.43. The van der Waals surface area contributed by atoms with Crippen LogP contribution < -0.4 is 5.73 Å². The molecule has 0 unspecified atom stereocenters. The molecule has 0 aliphatic rings. The molecule has 0 bridgehead atoms. The number of benzene rings is 1. The normalized spacial score (nSPS) is 12.0. The molecule has 2 aromatic rings. The van der Waals surface area contributed by atoms with Gasteiger partial charge in [-0.15, -0.1) is 0 Å². The summed E-state index contributed by atoms with van der Waals surface area (Å²) in [6.07, 6.45) is 0. The van der Waals surface area contributed by atoms with Crippen molar-refractivity contribution in [3.8, 4) is 0 Å². The molecule has 0 atom stereocenters. The molecular weight excluding hydrogens is 330 g/mol. The quantitative estimate of drug-likeness (QED) is 0.300. The lowest BCUT2D eigenvalue weighted by Gasteiger charge is -2.18. The van der Waals surface area contributed by atoms with Crippen LogP contribution in [0.4, 0.5) is 5.00 Å². The Labute approximate surface area is 142 Å². The lowest BCUT2D eigenvalue weighted by atomic mass is 9.87. The van der Waals surface area contributed by atoms with E-state index in [9.17, 15) is 14.9 Å². The molecule has 0 saturated heterocycles. The maximum absolute atomic E-state index is 12.0. The summed E-state index contributed by atoms with van der Waals surface area (Å²) in [7, 11) is 0. The number of oxime groups is 1. The molecule has 8 heteroatoms. The largest absolute Gasteiger partial charge is 0.380 e. The molecule has 0 aliphatic heterocycles. The van der Waals surface area contributed by atoms with Crippen molar-refractivity contribution in [2.24, 2.45) is 10.9 Å². The zero-order valence-corrected chi connectivity index (χ0v) is 14.3. The Morgan fingerprint density at radius 3 is 2.33 bits per heavy atom. The van der Waals surface area contributed by atoms with Crippen molar-refractivity contribution in [1.29, 1.82) is 0 Å². The average molecular weight is 347 g/mol. The Morgan fingerprint density at radius 2 is 1.83 bits per heavy atom. The summed E-state index contributed by atoms with van der Waals surface area (Å²) in [5.41, 5.74) is 7.10. The van der Waals surface area contributed by atoms with Gasteiger partial charge in [-0.05, 0) is 29.2 Å². The summed E-state index contributed by atoms with van der Waals surface area (Å²) in [5, 5.41) is 14.1. The number of hydrogen-bond donors (Lipinski definition) is 1. The maximum atomic E-state index is 12.0. The van der Waals surface area contributed by atoms with Crippen LogP contribution in [0.1, 0.15) is 41.6 Å². The van der Waals surface area contributed by atoms with Crippen LogP contribution in [0.5, 0.6) is 0 Å². The number of amidine groups is 1. The summed E-state index contributed by atoms with van der Waals surface area (Å²) in [6, 6.07) is 9.79. The Kier molecular flexibility index (Phi) is 4.99. The molecule has 0 amide bonds. The fourth-order valence-corrected chi connectivity index (χ4v) is 2.57. The number of rotatable bonds is 4. The van der Waals surface area contributed by atoms with Gasteiger partial charge in [0, 0.05) is 6.07 Å². The smallest absolute Gasteiger partial charge is 0.365 e. The highest BCUT2D eigenvalue weighted by molar-refractivity contribution is 7.17. The first-order valence-electron chi connectivity index (χ1n) is 7.08. The topological polar surface area (TPSA) is 108 Å². The Balaban J connectivity index is 2.07. The number of carbonyl (C=O) groups excluding carboxylic acids is 1. The average Bonchev–Trinajstić information content (AvgIpc) is 3.02. The maximum Gasteiger partial charge on any atom is 0.365 e. The first-order valence-corrected chi connectivity index (χ1v) is 7.90. The fourth-order valence-electron chi connectivity index (χ4n) is 1.86. The van der Waals surface area contributed by atoms with E-state index < -0.39 is 10.9 Å². The third-order valence-corrected chi connectivity index (χ3v) is 4.30. The lowest BCUT2D eigenvalue weighted by Crippen LogP contribution is -2.14. The SMILES string of the molecule is CC(C)(C)c1ccc(C(=O)O/N=C(/N)c2ccc([N+](=O)[O-])s2)cc1. The van der Waals surface area contributed by atoms with E-state index in [1.54, 1.807) is 12.1 Å². The number of carbonyl (C=O) groups is 1. The fraction of sp³-hybridized carbons (Fsp3) is 0.250. The van der Waals surface area contributed by atoms with Crippen LogP contribution in [-0.2, 0) is 10.3 Å². The Hall–Kier alpha value is -2.74. The molecule has 0 saturated carbocycles. The molecule has 1 aromatic heterocycles. The van der Waals surface area contributed by atoms with Crippen molar-refractivity contribution in [1.82, 2.24) is 0 Å². The van der Waals surface area contributed by atoms with Crippen LogP contribution in [0.3, 0.4) is 0 Å². The van der Waals surface area contributed by atoms with Crippen molar-refractivity contribution in [3.63, 3.8) is 0 Å². The van der Waals surface area contributed by atoms with E-state index in [0.717, 1.165) is 16.9 Å². The Morgan fingerprint density at radius 1 is 1.21 bits per heavy atom. The third kappa shape index (κ3) is 4.17. The van der Waals surface area contributed by atoms with Gasteiger partial charge in [-0.2, -0.15) is 0 Å². The molecule has 0 radical (unpaired) electrons. The van der Waals surface area contributed by atoms with Gasteiger partial charge in [0.05, 0.1) is 15.4 Å². The van der Waals surface area contributed by atoms with Crippen molar-refractivity contribution < 1.29 is 14.6 Å². The van der Waals surface area contributed by atoms with Gasteiger partial charge in [-0.3, -0.25) is 10.1 Å². The molecule has 2 N–H and O–H groups in total. The number of nitro groups is 1. The molecule has 1 heterocycles. The van der Waals surface area contributed by atoms with Gasteiger partial charge in [-0.1, -0.05) is 49.4 Å². The summed E-state index contributed by atoms with van der Waals surface area (Å²) in [6.45, 7) is 6.22. The van der Waals surface area contributed by atoms with Crippen LogP contribution in [0.15, 0.2) is 41.6 Å². The highest BCUT2D eigenvalue weighted by atomic mass is 32.1. The number of hydrogen-bond acceptors (Lipinski definition) is 6. The van der Waals surface area contributed by atoms with Crippen molar-refractivity contribution in [2.75, 3.05) is 0 Å². The minimum Gasteiger partial charge on any atom is -0.380 e. The van der Waals surface area contributed by atoms with Gasteiger partial charge in [0.2, 0.25) is 0 Å². The van der Waals surface area contributed by atoms with Gasteiger partial charge in [-0.25, -0.2) is 4.79 Å². The summed E-state index contributed by atoms with van der Waals surface area (Å²) in [5.74, 6) is -0.739. The zero-order chi connectivity index (χ0) is 17.9. The number of nitrogens with two attached hydrogens (primary N) is 1. The zero-order valence-electron chi connectivity index (χ0n) is 13.5. The molecule has 2 rings (SSSR count). The minimum atomic E-state index is -0.649. The van der Waals surface area contributed by atoms with E-state index in [0.29, 0.717) is 10.4 Å². The second kappa shape index (κ2) is 6.79. The van der Waals surface area contributed by atoms with E-state index in [2.05, 4.69) is 25.9 Å². The number of thiophene rings is 1. The summed E-state index contributed by atoms with van der Waals surface area (Å²) in [4.78, 5) is 27.2. The molecule has 126 valence electrons. The second-order valence-corrected chi connectivity index (χ2v) is 7.14. The number of nitrogens with zero attached hydrogens (tertiary/aromatic N) is 2. The lowest BCUT2D eigenvalue weighted by molar-refractivity contribution is -0.380. The predicted molar refractivity (Wildman–Crippen MR) is 92.3 cm³/mol. The first kappa shape index (κ1) is 17.6. The second-order valence-electron chi connectivity index (χ2n) is 6.08. The highest BCUT2D eigenvalue weighted by Crippen LogP contribution is 2.24. The molecule has 0 aliphatic carbocycles. The Bertz CT molecular complexity index is 788. The van der Waals surface area contributed by atoms with Gasteiger partial charge in [0.25, 0.3) is 0 Å². The summed E-state index contributed by atoms with van der Waals surface area (Å²) < 4.78 is 0. The van der Waals surface area contributed by atoms with E-state index in [1.165, 1.54) is 12.1 Å². The minimum absolute atomic E-state index is 0.0150.